The van der Waals surface area contributed by atoms with Gasteiger partial charge in [0, 0.05) is 12.1 Å². The molecule has 0 radical (unpaired) electrons. The second-order valence-corrected chi connectivity index (χ2v) is 5.73. The summed E-state index contributed by atoms with van der Waals surface area (Å²) in [5.74, 6) is 1.38. The van der Waals surface area contributed by atoms with Crippen LogP contribution in [0.15, 0.2) is 12.1 Å². The van der Waals surface area contributed by atoms with E-state index >= 15 is 0 Å². The van der Waals surface area contributed by atoms with Crippen molar-refractivity contribution >= 4 is 23.1 Å². The summed E-state index contributed by atoms with van der Waals surface area (Å²) < 4.78 is 0. The van der Waals surface area contributed by atoms with Crippen LogP contribution in [-0.4, -0.2) is 15.9 Å². The molecule has 1 heterocycles. The molecule has 1 saturated carbocycles. The molecule has 1 aliphatic rings. The lowest BCUT2D eigenvalue weighted by molar-refractivity contribution is -0.384. The van der Waals surface area contributed by atoms with E-state index in [0.29, 0.717) is 17.7 Å². The second-order valence-electron chi connectivity index (χ2n) is 5.34. The summed E-state index contributed by atoms with van der Waals surface area (Å²) in [6.07, 6.45) is 4.48. The molecule has 110 valence electrons. The van der Waals surface area contributed by atoms with E-state index < -0.39 is 4.92 Å². The lowest BCUT2D eigenvalue weighted by Gasteiger charge is -2.25. The summed E-state index contributed by atoms with van der Waals surface area (Å²) in [6, 6.07) is 3.11. The standard InChI is InChI=1S/C14H20ClN3O2/c1-3-9-5-6-10(4-2)13(9)17-14-11(18(19)20)7-8-12(15)16-14/h7-10,13H,3-6H2,1-2H3,(H,16,17). The highest BCUT2D eigenvalue weighted by Crippen LogP contribution is 2.38. The Kier molecular flexibility index (Phi) is 4.81. The molecule has 0 amide bonds. The molecule has 5 nitrogen and oxygen atoms in total. The molecule has 1 aromatic rings. The molecule has 2 rings (SSSR count). The normalized spacial score (nSPS) is 25.6. The van der Waals surface area contributed by atoms with Gasteiger partial charge < -0.3 is 5.32 Å². The van der Waals surface area contributed by atoms with Crippen molar-refractivity contribution in [3.63, 3.8) is 0 Å². The van der Waals surface area contributed by atoms with Crippen LogP contribution < -0.4 is 5.32 Å². The lowest BCUT2D eigenvalue weighted by Crippen LogP contribution is -2.30. The van der Waals surface area contributed by atoms with Crippen molar-refractivity contribution in [1.29, 1.82) is 0 Å². The summed E-state index contributed by atoms with van der Waals surface area (Å²) >= 11 is 5.87. The van der Waals surface area contributed by atoms with Gasteiger partial charge in [-0.3, -0.25) is 10.1 Å². The zero-order chi connectivity index (χ0) is 14.7. The van der Waals surface area contributed by atoms with Gasteiger partial charge in [0.2, 0.25) is 5.82 Å². The van der Waals surface area contributed by atoms with Crippen LogP contribution in [0.25, 0.3) is 0 Å². The molecule has 1 aliphatic carbocycles. The van der Waals surface area contributed by atoms with Crippen LogP contribution >= 0.6 is 11.6 Å². The molecule has 0 bridgehead atoms. The lowest BCUT2D eigenvalue weighted by atomic mass is 9.94. The Bertz CT molecular complexity index is 483. The first-order valence-electron chi connectivity index (χ1n) is 7.14. The number of nitrogens with zero attached hydrogens (tertiary/aromatic N) is 2. The SMILES string of the molecule is CCC1CCC(CC)C1Nc1nc(Cl)ccc1[N+](=O)[O-]. The quantitative estimate of drug-likeness (QED) is 0.500. The number of nitro groups is 1. The third kappa shape index (κ3) is 3.03. The Hall–Kier alpha value is -1.36. The van der Waals surface area contributed by atoms with Gasteiger partial charge in [-0.1, -0.05) is 38.3 Å². The summed E-state index contributed by atoms with van der Waals surface area (Å²) in [7, 11) is 0. The van der Waals surface area contributed by atoms with E-state index in [1.807, 2.05) is 0 Å². The van der Waals surface area contributed by atoms with Crippen molar-refractivity contribution in [2.75, 3.05) is 5.32 Å². The summed E-state index contributed by atoms with van der Waals surface area (Å²) in [5.41, 5.74) is -0.00833. The molecule has 6 heteroatoms. The van der Waals surface area contributed by atoms with Gasteiger partial charge in [0.05, 0.1) is 4.92 Å². The van der Waals surface area contributed by atoms with Gasteiger partial charge >= 0.3 is 5.69 Å². The number of anilines is 1. The highest BCUT2D eigenvalue weighted by Gasteiger charge is 2.35. The molecule has 0 spiro atoms. The monoisotopic (exact) mass is 297 g/mol. The number of aromatic nitrogens is 1. The van der Waals surface area contributed by atoms with Crippen LogP contribution in [0.4, 0.5) is 11.5 Å². The van der Waals surface area contributed by atoms with Crippen LogP contribution in [0.5, 0.6) is 0 Å². The fourth-order valence-electron chi connectivity index (χ4n) is 3.16. The maximum Gasteiger partial charge on any atom is 0.311 e. The molecule has 0 aromatic carbocycles. The van der Waals surface area contributed by atoms with Crippen molar-refractivity contribution < 1.29 is 4.92 Å². The minimum absolute atomic E-state index is 0.00833. The van der Waals surface area contributed by atoms with E-state index in [0.717, 1.165) is 12.8 Å². The molecular formula is C14H20ClN3O2. The molecule has 1 fully saturated rings. The highest BCUT2D eigenvalue weighted by atomic mass is 35.5. The Labute approximate surface area is 123 Å². The average Bonchev–Trinajstić information content (AvgIpc) is 2.80. The second kappa shape index (κ2) is 6.39. The van der Waals surface area contributed by atoms with Gasteiger partial charge in [-0.25, -0.2) is 4.98 Å². The molecule has 20 heavy (non-hydrogen) atoms. The fourth-order valence-corrected chi connectivity index (χ4v) is 3.31. The van der Waals surface area contributed by atoms with Gasteiger partial charge in [-0.2, -0.15) is 0 Å². The zero-order valence-electron chi connectivity index (χ0n) is 11.8. The molecule has 1 aromatic heterocycles. The summed E-state index contributed by atoms with van der Waals surface area (Å²) in [6.45, 7) is 4.33. The van der Waals surface area contributed by atoms with Gasteiger partial charge in [0.25, 0.3) is 0 Å². The molecule has 1 N–H and O–H groups in total. The van der Waals surface area contributed by atoms with Gasteiger partial charge in [-0.15, -0.1) is 0 Å². The molecule has 2 unspecified atom stereocenters. The van der Waals surface area contributed by atoms with Crippen LogP contribution in [0.2, 0.25) is 5.15 Å². The Morgan fingerprint density at radius 1 is 1.35 bits per heavy atom. The smallest absolute Gasteiger partial charge is 0.311 e. The number of rotatable bonds is 5. The Morgan fingerprint density at radius 2 is 1.95 bits per heavy atom. The predicted octanol–water partition coefficient (Wildman–Crippen LogP) is 4.27. The zero-order valence-corrected chi connectivity index (χ0v) is 12.6. The largest absolute Gasteiger partial charge is 0.361 e. The van der Waals surface area contributed by atoms with Crippen molar-refractivity contribution in [2.24, 2.45) is 11.8 Å². The van der Waals surface area contributed by atoms with Crippen molar-refractivity contribution in [1.82, 2.24) is 4.98 Å². The topological polar surface area (TPSA) is 68.1 Å². The van der Waals surface area contributed by atoms with Crippen molar-refractivity contribution in [3.05, 3.63) is 27.4 Å². The van der Waals surface area contributed by atoms with E-state index in [4.69, 9.17) is 11.6 Å². The first-order valence-corrected chi connectivity index (χ1v) is 7.52. The molecule has 0 saturated heterocycles. The third-order valence-corrected chi connectivity index (χ3v) is 4.52. The first-order chi connectivity index (χ1) is 9.56. The molecular weight excluding hydrogens is 278 g/mol. The van der Waals surface area contributed by atoms with E-state index in [2.05, 4.69) is 24.1 Å². The minimum atomic E-state index is -0.414. The van der Waals surface area contributed by atoms with Crippen molar-refractivity contribution in [3.8, 4) is 0 Å². The molecule has 0 aliphatic heterocycles. The van der Waals surface area contributed by atoms with E-state index in [9.17, 15) is 10.1 Å². The number of nitrogens with one attached hydrogen (secondary N) is 1. The summed E-state index contributed by atoms with van der Waals surface area (Å²) in [4.78, 5) is 14.8. The Balaban J connectivity index is 2.27. The highest BCUT2D eigenvalue weighted by molar-refractivity contribution is 6.29. The van der Waals surface area contributed by atoms with Gasteiger partial charge in [0.1, 0.15) is 5.15 Å². The van der Waals surface area contributed by atoms with Crippen LogP contribution in [0.3, 0.4) is 0 Å². The number of halogens is 1. The van der Waals surface area contributed by atoms with E-state index in [-0.39, 0.29) is 16.9 Å². The van der Waals surface area contributed by atoms with Gasteiger partial charge in [0.15, 0.2) is 0 Å². The first kappa shape index (κ1) is 15.0. The fraction of sp³-hybridized carbons (Fsp3) is 0.643. The van der Waals surface area contributed by atoms with Crippen LogP contribution in [0, 0.1) is 22.0 Å². The van der Waals surface area contributed by atoms with Crippen LogP contribution in [-0.2, 0) is 0 Å². The van der Waals surface area contributed by atoms with Crippen molar-refractivity contribution in [2.45, 2.75) is 45.6 Å². The maximum absolute atomic E-state index is 11.1. The average molecular weight is 298 g/mol. The Morgan fingerprint density at radius 3 is 2.45 bits per heavy atom. The summed E-state index contributed by atoms with van der Waals surface area (Å²) in [5, 5.41) is 14.7. The predicted molar refractivity (Wildman–Crippen MR) is 80.1 cm³/mol. The van der Waals surface area contributed by atoms with E-state index in [1.165, 1.54) is 25.0 Å². The number of hydrogen-bond donors (Lipinski definition) is 1. The maximum atomic E-state index is 11.1. The number of hydrogen-bond acceptors (Lipinski definition) is 4. The van der Waals surface area contributed by atoms with Crippen LogP contribution in [0.1, 0.15) is 39.5 Å². The minimum Gasteiger partial charge on any atom is -0.361 e. The third-order valence-electron chi connectivity index (χ3n) is 4.31. The molecule has 2 atom stereocenters. The number of pyridine rings is 1. The van der Waals surface area contributed by atoms with Gasteiger partial charge in [-0.05, 0) is 30.7 Å². The van der Waals surface area contributed by atoms with E-state index in [1.54, 1.807) is 0 Å².